The molecule has 0 unspecified atom stereocenters. The first-order chi connectivity index (χ1) is 13.1. The van der Waals surface area contributed by atoms with Gasteiger partial charge in [0.1, 0.15) is 12.4 Å². The molecule has 3 aromatic rings. The predicted octanol–water partition coefficient (Wildman–Crippen LogP) is 4.90. The molecular formula is C23H23N3O. The summed E-state index contributed by atoms with van der Waals surface area (Å²) in [4.78, 5) is 7.24. The number of hydrogen-bond acceptors (Lipinski definition) is 4. The highest BCUT2D eigenvalue weighted by atomic mass is 16.5. The van der Waals surface area contributed by atoms with Crippen molar-refractivity contribution in [2.45, 2.75) is 33.3 Å². The van der Waals surface area contributed by atoms with Gasteiger partial charge in [0.15, 0.2) is 0 Å². The number of aromatic nitrogens is 1. The number of nitriles is 1. The van der Waals surface area contributed by atoms with Gasteiger partial charge in [0, 0.05) is 29.9 Å². The minimum atomic E-state index is 0.488. The summed E-state index contributed by atoms with van der Waals surface area (Å²) in [6.45, 7) is 6.93. The molecule has 0 N–H and O–H groups in total. The normalized spacial score (nSPS) is 13.7. The summed E-state index contributed by atoms with van der Waals surface area (Å²) in [5.41, 5.74) is 6.36. The predicted molar refractivity (Wildman–Crippen MR) is 108 cm³/mol. The summed E-state index contributed by atoms with van der Waals surface area (Å²) in [5, 5.41) is 10.1. The highest BCUT2D eigenvalue weighted by Gasteiger charge is 2.17. The Morgan fingerprint density at radius 1 is 1.07 bits per heavy atom. The standard InChI is InChI=1S/C23H23N3O/c1-16-11-21-22(25-17(2)12-23(21)26-9-3-4-10-26)13-19(16)15-27-20-7-5-18(14-24)6-8-20/h5-8,11-13H,3-4,9-10,15H2,1-2H3. The molecule has 4 rings (SSSR count). The van der Waals surface area contributed by atoms with Crippen molar-refractivity contribution in [3.8, 4) is 11.8 Å². The third-order valence-electron chi connectivity index (χ3n) is 5.20. The number of pyridine rings is 1. The van der Waals surface area contributed by atoms with Crippen molar-refractivity contribution in [2.24, 2.45) is 0 Å². The van der Waals surface area contributed by atoms with E-state index >= 15 is 0 Å². The summed E-state index contributed by atoms with van der Waals surface area (Å²) >= 11 is 0. The van der Waals surface area contributed by atoms with Crippen LogP contribution in [0.3, 0.4) is 0 Å². The molecule has 0 saturated carbocycles. The quantitative estimate of drug-likeness (QED) is 0.666. The fourth-order valence-corrected chi connectivity index (χ4v) is 3.70. The molecular weight excluding hydrogens is 334 g/mol. The lowest BCUT2D eigenvalue weighted by atomic mass is 10.0. The van der Waals surface area contributed by atoms with Crippen LogP contribution in [0.5, 0.6) is 5.75 Å². The SMILES string of the molecule is Cc1cc(N2CCCC2)c2cc(C)c(COc3ccc(C#N)cc3)cc2n1. The average Bonchev–Trinajstić information content (AvgIpc) is 3.21. The lowest BCUT2D eigenvalue weighted by Gasteiger charge is -2.21. The van der Waals surface area contributed by atoms with Gasteiger partial charge in [-0.2, -0.15) is 5.26 Å². The molecule has 27 heavy (non-hydrogen) atoms. The van der Waals surface area contributed by atoms with Crippen LogP contribution in [0.4, 0.5) is 5.69 Å². The molecule has 1 aromatic heterocycles. The number of fused-ring (bicyclic) bond motifs is 1. The zero-order valence-corrected chi connectivity index (χ0v) is 15.8. The molecule has 0 radical (unpaired) electrons. The summed E-state index contributed by atoms with van der Waals surface area (Å²) < 4.78 is 5.93. The summed E-state index contributed by atoms with van der Waals surface area (Å²) in [6, 6.07) is 15.9. The van der Waals surface area contributed by atoms with Crippen LogP contribution in [0.15, 0.2) is 42.5 Å². The van der Waals surface area contributed by atoms with Crippen molar-refractivity contribution in [1.82, 2.24) is 4.98 Å². The molecule has 0 aliphatic carbocycles. The van der Waals surface area contributed by atoms with Crippen molar-refractivity contribution in [1.29, 1.82) is 5.26 Å². The first kappa shape index (κ1) is 17.4. The second-order valence-electron chi connectivity index (χ2n) is 7.20. The van der Waals surface area contributed by atoms with Gasteiger partial charge in [-0.3, -0.25) is 4.98 Å². The number of anilines is 1. The van der Waals surface area contributed by atoms with Crippen LogP contribution < -0.4 is 9.64 Å². The van der Waals surface area contributed by atoms with Crippen LogP contribution in [0, 0.1) is 25.2 Å². The van der Waals surface area contributed by atoms with Gasteiger partial charge in [0.05, 0.1) is 17.1 Å². The zero-order valence-electron chi connectivity index (χ0n) is 15.8. The van der Waals surface area contributed by atoms with E-state index in [1.54, 1.807) is 12.1 Å². The Morgan fingerprint density at radius 3 is 2.52 bits per heavy atom. The van der Waals surface area contributed by atoms with Crippen LogP contribution in [0.1, 0.15) is 35.2 Å². The van der Waals surface area contributed by atoms with Crippen LogP contribution in [-0.4, -0.2) is 18.1 Å². The Balaban J connectivity index is 1.63. The average molecular weight is 357 g/mol. The summed E-state index contributed by atoms with van der Waals surface area (Å²) in [5.74, 6) is 0.767. The highest BCUT2D eigenvalue weighted by Crippen LogP contribution is 2.31. The molecule has 0 atom stereocenters. The van der Waals surface area contributed by atoms with E-state index < -0.39 is 0 Å². The van der Waals surface area contributed by atoms with Gasteiger partial charge in [0.25, 0.3) is 0 Å². The third-order valence-corrected chi connectivity index (χ3v) is 5.20. The van der Waals surface area contributed by atoms with Crippen LogP contribution in [-0.2, 0) is 6.61 Å². The molecule has 1 fully saturated rings. The van der Waals surface area contributed by atoms with Gasteiger partial charge < -0.3 is 9.64 Å². The highest BCUT2D eigenvalue weighted by molar-refractivity contribution is 5.93. The van der Waals surface area contributed by atoms with Gasteiger partial charge >= 0.3 is 0 Å². The molecule has 2 aromatic carbocycles. The third kappa shape index (κ3) is 3.59. The van der Waals surface area contributed by atoms with E-state index in [9.17, 15) is 0 Å². The number of benzene rings is 2. The molecule has 4 nitrogen and oxygen atoms in total. The van der Waals surface area contributed by atoms with Crippen LogP contribution in [0.2, 0.25) is 0 Å². The van der Waals surface area contributed by atoms with Gasteiger partial charge in [-0.05, 0) is 80.3 Å². The van der Waals surface area contributed by atoms with E-state index in [4.69, 9.17) is 15.0 Å². The number of nitrogens with zero attached hydrogens (tertiary/aromatic N) is 3. The van der Waals surface area contributed by atoms with E-state index in [-0.39, 0.29) is 0 Å². The number of aryl methyl sites for hydroxylation is 2. The molecule has 0 amide bonds. The second kappa shape index (κ2) is 7.28. The van der Waals surface area contributed by atoms with Crippen molar-refractivity contribution >= 4 is 16.6 Å². The fourth-order valence-electron chi connectivity index (χ4n) is 3.70. The van der Waals surface area contributed by atoms with E-state index in [2.05, 4.69) is 43.0 Å². The molecule has 1 aliphatic rings. The van der Waals surface area contributed by atoms with Crippen molar-refractivity contribution in [2.75, 3.05) is 18.0 Å². The van der Waals surface area contributed by atoms with Gasteiger partial charge in [-0.1, -0.05) is 0 Å². The Bertz CT molecular complexity index is 1010. The van der Waals surface area contributed by atoms with Gasteiger partial charge in [0.2, 0.25) is 0 Å². The minimum absolute atomic E-state index is 0.488. The smallest absolute Gasteiger partial charge is 0.119 e. The van der Waals surface area contributed by atoms with E-state index in [0.29, 0.717) is 12.2 Å². The number of hydrogen-bond donors (Lipinski definition) is 0. The molecule has 136 valence electrons. The Kier molecular flexibility index (Phi) is 4.68. The molecule has 1 saturated heterocycles. The lowest BCUT2D eigenvalue weighted by molar-refractivity contribution is 0.305. The molecule has 1 aliphatic heterocycles. The minimum Gasteiger partial charge on any atom is -0.489 e. The molecule has 0 spiro atoms. The first-order valence-corrected chi connectivity index (χ1v) is 9.43. The number of rotatable bonds is 4. The van der Waals surface area contributed by atoms with Crippen LogP contribution >= 0.6 is 0 Å². The Morgan fingerprint density at radius 2 is 1.81 bits per heavy atom. The van der Waals surface area contributed by atoms with Crippen LogP contribution in [0.25, 0.3) is 10.9 Å². The Labute approximate surface area is 160 Å². The largest absolute Gasteiger partial charge is 0.489 e. The first-order valence-electron chi connectivity index (χ1n) is 9.43. The van der Waals surface area contributed by atoms with Gasteiger partial charge in [-0.25, -0.2) is 0 Å². The monoisotopic (exact) mass is 357 g/mol. The van der Waals surface area contributed by atoms with E-state index in [1.165, 1.54) is 29.5 Å². The maximum atomic E-state index is 8.90. The summed E-state index contributed by atoms with van der Waals surface area (Å²) in [7, 11) is 0. The van der Waals surface area contributed by atoms with Crippen molar-refractivity contribution in [3.63, 3.8) is 0 Å². The molecule has 2 heterocycles. The zero-order chi connectivity index (χ0) is 18.8. The fraction of sp³-hybridized carbons (Fsp3) is 0.304. The van der Waals surface area contributed by atoms with E-state index in [1.807, 2.05) is 12.1 Å². The maximum Gasteiger partial charge on any atom is 0.119 e. The topological polar surface area (TPSA) is 49.1 Å². The molecule has 4 heteroatoms. The Hall–Kier alpha value is -3.06. The maximum absolute atomic E-state index is 8.90. The van der Waals surface area contributed by atoms with Crippen molar-refractivity contribution in [3.05, 3.63) is 64.8 Å². The second-order valence-corrected chi connectivity index (χ2v) is 7.20. The number of ether oxygens (including phenoxy) is 1. The lowest BCUT2D eigenvalue weighted by Crippen LogP contribution is -2.18. The van der Waals surface area contributed by atoms with E-state index in [0.717, 1.165) is 35.6 Å². The summed E-state index contributed by atoms with van der Waals surface area (Å²) in [6.07, 6.45) is 2.52. The van der Waals surface area contributed by atoms with Crippen molar-refractivity contribution < 1.29 is 4.74 Å². The molecule has 0 bridgehead atoms. The van der Waals surface area contributed by atoms with Gasteiger partial charge in [-0.15, -0.1) is 0 Å².